The maximum Gasteiger partial charge on any atom is 0.0805 e. The molecule has 8 aliphatic rings. The van der Waals surface area contributed by atoms with Gasteiger partial charge in [-0.1, -0.05) is 74.0 Å². The van der Waals surface area contributed by atoms with Crippen molar-refractivity contribution < 1.29 is 15.3 Å². The molecule has 4 heteroatoms. The van der Waals surface area contributed by atoms with Gasteiger partial charge in [-0.2, -0.15) is 0 Å². The standard InChI is InChI=1S/C48H67NO3/c1-31-14-17-43-45(2,52)38-15-16-39-36(37(38)29-49(43)28-31)24-42-47(39)19-9-20-48(42)30-46(44(51)25-40(48)41(50)27-47)21-18-33(26-46)23-35(34-12-7-4-8-13-34)22-32-10-5-3-6-11-32/h3-8,10-13,31,33,35-44,50-52H,9,14-30H2,1-2H3/t31-,33+,35+,36-,37+,38-,39+,40-,41+,42-,43-,44-,45+,46+,47-,48-/m1/s1. The summed E-state index contributed by atoms with van der Waals surface area (Å²) < 4.78 is 0. The van der Waals surface area contributed by atoms with Crippen LogP contribution < -0.4 is 0 Å². The number of piperidine rings is 2. The molecule has 3 N–H and O–H groups in total. The fourth-order valence-electron chi connectivity index (χ4n) is 17.0. The van der Waals surface area contributed by atoms with Crippen LogP contribution in [0.4, 0.5) is 0 Å². The van der Waals surface area contributed by atoms with E-state index < -0.39 is 5.60 Å². The summed E-state index contributed by atoms with van der Waals surface area (Å²) in [5, 5.41) is 36.9. The number of benzene rings is 2. The summed E-state index contributed by atoms with van der Waals surface area (Å²) in [6, 6.07) is 22.6. The zero-order valence-electron chi connectivity index (χ0n) is 32.2. The molecule has 2 aliphatic heterocycles. The highest BCUT2D eigenvalue weighted by atomic mass is 16.3. The van der Waals surface area contributed by atoms with E-state index in [0.717, 1.165) is 57.4 Å². The van der Waals surface area contributed by atoms with Crippen LogP contribution in [0.1, 0.15) is 127 Å². The van der Waals surface area contributed by atoms with Gasteiger partial charge in [0, 0.05) is 19.1 Å². The molecule has 0 unspecified atom stereocenters. The van der Waals surface area contributed by atoms with Crippen molar-refractivity contribution in [2.45, 2.75) is 146 Å². The van der Waals surface area contributed by atoms with Crippen molar-refractivity contribution in [3.05, 3.63) is 71.8 Å². The normalized spacial score (nSPS) is 50.1. The van der Waals surface area contributed by atoms with Crippen LogP contribution in [0.2, 0.25) is 0 Å². The van der Waals surface area contributed by atoms with Crippen LogP contribution in [0.15, 0.2) is 60.7 Å². The molecule has 2 saturated heterocycles. The molecular formula is C48H67NO3. The zero-order chi connectivity index (χ0) is 35.5. The largest absolute Gasteiger partial charge is 0.393 e. The molecule has 2 aromatic rings. The number of fused-ring (bicyclic) bond motifs is 4. The number of aliphatic hydroxyl groups excluding tert-OH is 2. The van der Waals surface area contributed by atoms with Crippen LogP contribution in [0.3, 0.4) is 0 Å². The highest BCUT2D eigenvalue weighted by Gasteiger charge is 2.73. The van der Waals surface area contributed by atoms with E-state index >= 15 is 0 Å². The Hall–Kier alpha value is -1.72. The molecule has 2 aromatic carbocycles. The van der Waals surface area contributed by atoms with E-state index in [1.165, 1.54) is 75.5 Å². The topological polar surface area (TPSA) is 63.9 Å². The summed E-state index contributed by atoms with van der Waals surface area (Å²) in [6.45, 7) is 6.98. The van der Waals surface area contributed by atoms with Gasteiger partial charge in [-0.3, -0.25) is 4.90 Å². The van der Waals surface area contributed by atoms with Crippen LogP contribution in [-0.2, 0) is 6.42 Å². The van der Waals surface area contributed by atoms with Gasteiger partial charge in [0.15, 0.2) is 0 Å². The van der Waals surface area contributed by atoms with E-state index in [1.807, 2.05) is 0 Å². The van der Waals surface area contributed by atoms with Crippen molar-refractivity contribution >= 4 is 0 Å². The Bertz CT molecular complexity index is 1590. The fraction of sp³-hybridized carbons (Fsp3) is 0.750. The molecule has 10 rings (SSSR count). The molecule has 0 radical (unpaired) electrons. The molecule has 2 heterocycles. The lowest BCUT2D eigenvalue weighted by molar-refractivity contribution is -0.231. The summed E-state index contributed by atoms with van der Waals surface area (Å²) in [7, 11) is 0. The highest BCUT2D eigenvalue weighted by Crippen LogP contribution is 2.78. The minimum Gasteiger partial charge on any atom is -0.393 e. The maximum atomic E-state index is 12.3. The minimum absolute atomic E-state index is 0.00272. The van der Waals surface area contributed by atoms with Gasteiger partial charge in [0.05, 0.1) is 17.8 Å². The first kappa shape index (κ1) is 34.7. The van der Waals surface area contributed by atoms with E-state index in [1.54, 1.807) is 0 Å². The monoisotopic (exact) mass is 706 g/mol. The van der Waals surface area contributed by atoms with Gasteiger partial charge in [0.1, 0.15) is 0 Å². The van der Waals surface area contributed by atoms with Gasteiger partial charge >= 0.3 is 0 Å². The number of hydrogen-bond acceptors (Lipinski definition) is 4. The third-order valence-corrected chi connectivity index (χ3v) is 18.7. The number of rotatable bonds is 5. The Morgan fingerprint density at radius 2 is 1.52 bits per heavy atom. The number of nitrogens with zero attached hydrogens (tertiary/aromatic N) is 1. The summed E-state index contributed by atoms with van der Waals surface area (Å²) in [4.78, 5) is 2.74. The first-order chi connectivity index (χ1) is 25.1. The van der Waals surface area contributed by atoms with Gasteiger partial charge in [0.2, 0.25) is 0 Å². The molecule has 8 fully saturated rings. The molecule has 16 atom stereocenters. The number of aliphatic hydroxyl groups is 3. The fourth-order valence-corrected chi connectivity index (χ4v) is 17.0. The lowest BCUT2D eigenvalue weighted by Gasteiger charge is -2.68. The quantitative estimate of drug-likeness (QED) is 0.291. The van der Waals surface area contributed by atoms with Crippen LogP contribution >= 0.6 is 0 Å². The third kappa shape index (κ3) is 5.18. The van der Waals surface area contributed by atoms with E-state index in [9.17, 15) is 15.3 Å². The summed E-state index contributed by atoms with van der Waals surface area (Å²) >= 11 is 0. The van der Waals surface area contributed by atoms with Crippen molar-refractivity contribution in [1.82, 2.24) is 4.90 Å². The smallest absolute Gasteiger partial charge is 0.0805 e. The second-order valence-corrected chi connectivity index (χ2v) is 20.9. The van der Waals surface area contributed by atoms with Crippen molar-refractivity contribution in [2.75, 3.05) is 13.1 Å². The maximum absolute atomic E-state index is 12.3. The molecule has 0 aromatic heterocycles. The predicted molar refractivity (Wildman–Crippen MR) is 207 cm³/mol. The SMILES string of the molecule is C[C@@H]1CC[C@H]2N(C1)C[C@H]1[C@H]3C[C@H]4[C@@]56CCC[C@@]4(C[C@H](O)[C@H]5C[C@@H](O)[C@]4(CC[C@@H](C[C@H](Cc5ccccc5)c5ccccc5)C4)C6)[C@H]3CC[C@H]1[C@]2(C)O. The van der Waals surface area contributed by atoms with Crippen molar-refractivity contribution in [3.63, 3.8) is 0 Å². The molecular weight excluding hydrogens is 639 g/mol. The molecule has 282 valence electrons. The first-order valence-electron chi connectivity index (χ1n) is 22.0. The van der Waals surface area contributed by atoms with Crippen LogP contribution in [0.5, 0.6) is 0 Å². The molecule has 52 heavy (non-hydrogen) atoms. The second kappa shape index (κ2) is 12.7. The average molecular weight is 706 g/mol. The van der Waals surface area contributed by atoms with Gasteiger partial charge in [-0.25, -0.2) is 0 Å². The molecule has 2 bridgehead atoms. The second-order valence-electron chi connectivity index (χ2n) is 20.9. The first-order valence-corrected chi connectivity index (χ1v) is 22.0. The van der Waals surface area contributed by atoms with Crippen LogP contribution in [0.25, 0.3) is 0 Å². The highest BCUT2D eigenvalue weighted by molar-refractivity contribution is 5.26. The Labute approximate surface area is 314 Å². The van der Waals surface area contributed by atoms with Gasteiger partial charge in [-0.15, -0.1) is 0 Å². The Kier molecular flexibility index (Phi) is 8.46. The van der Waals surface area contributed by atoms with Crippen molar-refractivity contribution in [1.29, 1.82) is 0 Å². The van der Waals surface area contributed by atoms with Gasteiger partial charge in [-0.05, 0) is 184 Å². The lowest BCUT2D eigenvalue weighted by atomic mass is 9.38. The Morgan fingerprint density at radius 3 is 2.33 bits per heavy atom. The minimum atomic E-state index is -0.592. The molecule has 6 saturated carbocycles. The number of hydrogen-bond donors (Lipinski definition) is 3. The lowest BCUT2D eigenvalue weighted by Crippen LogP contribution is -2.67. The van der Waals surface area contributed by atoms with Crippen LogP contribution in [-0.4, -0.2) is 57.2 Å². The van der Waals surface area contributed by atoms with E-state index in [2.05, 4.69) is 79.4 Å². The zero-order valence-corrected chi connectivity index (χ0v) is 32.2. The predicted octanol–water partition coefficient (Wildman–Crippen LogP) is 9.03. The van der Waals surface area contributed by atoms with Gasteiger partial charge < -0.3 is 15.3 Å². The van der Waals surface area contributed by atoms with E-state index in [0.29, 0.717) is 47.5 Å². The summed E-state index contributed by atoms with van der Waals surface area (Å²) in [5.41, 5.74) is 2.72. The molecule has 0 amide bonds. The van der Waals surface area contributed by atoms with E-state index in [-0.39, 0.29) is 34.4 Å². The van der Waals surface area contributed by atoms with Crippen molar-refractivity contribution in [2.24, 2.45) is 63.6 Å². The Morgan fingerprint density at radius 1 is 0.769 bits per heavy atom. The average Bonchev–Trinajstić information content (AvgIpc) is 3.70. The third-order valence-electron chi connectivity index (χ3n) is 18.7. The Balaban J connectivity index is 0.938. The summed E-state index contributed by atoms with van der Waals surface area (Å²) in [6.07, 6.45) is 18.2. The van der Waals surface area contributed by atoms with E-state index in [4.69, 9.17) is 0 Å². The molecule has 2 spiro atoms. The molecule has 6 aliphatic carbocycles. The summed E-state index contributed by atoms with van der Waals surface area (Å²) in [5.74, 6) is 5.16. The molecule has 4 nitrogen and oxygen atoms in total. The van der Waals surface area contributed by atoms with Crippen molar-refractivity contribution in [3.8, 4) is 0 Å². The van der Waals surface area contributed by atoms with Crippen LogP contribution in [0, 0.1) is 63.6 Å². The van der Waals surface area contributed by atoms with Gasteiger partial charge in [0.25, 0.3) is 0 Å².